The molecule has 3 rings (SSSR count). The molecule has 1 aromatic carbocycles. The van der Waals surface area contributed by atoms with Crippen molar-refractivity contribution in [3.8, 4) is 17.0 Å². The summed E-state index contributed by atoms with van der Waals surface area (Å²) in [5, 5.41) is 11.2. The Morgan fingerprint density at radius 2 is 2.16 bits per heavy atom. The summed E-state index contributed by atoms with van der Waals surface area (Å²) < 4.78 is 5.42. The topological polar surface area (TPSA) is 49.9 Å². The van der Waals surface area contributed by atoms with Gasteiger partial charge in [-0.1, -0.05) is 12.1 Å². The largest absolute Gasteiger partial charge is 0.496 e. The molecule has 2 heterocycles. The van der Waals surface area contributed by atoms with Crippen LogP contribution in [0.1, 0.15) is 30.1 Å². The predicted molar refractivity (Wildman–Crippen MR) is 75.3 cm³/mol. The van der Waals surface area contributed by atoms with Crippen molar-refractivity contribution in [1.29, 1.82) is 0 Å². The fourth-order valence-electron chi connectivity index (χ4n) is 2.78. The molecule has 1 unspecified atom stereocenters. The molecule has 1 aliphatic heterocycles. The Labute approximate surface area is 113 Å². The van der Waals surface area contributed by atoms with Crippen LogP contribution in [0, 0.1) is 6.92 Å². The molecule has 19 heavy (non-hydrogen) atoms. The number of ether oxygens (including phenoxy) is 1. The van der Waals surface area contributed by atoms with E-state index in [1.54, 1.807) is 7.11 Å². The van der Waals surface area contributed by atoms with Gasteiger partial charge in [-0.2, -0.15) is 5.10 Å². The number of nitrogens with one attached hydrogen (secondary N) is 2. The highest BCUT2D eigenvalue weighted by atomic mass is 16.5. The molecule has 2 N–H and O–H groups in total. The number of aromatic nitrogens is 2. The molecule has 4 heteroatoms. The molecular formula is C15H19N3O. The van der Waals surface area contributed by atoms with Crippen molar-refractivity contribution >= 4 is 0 Å². The predicted octanol–water partition coefficient (Wildman–Crippen LogP) is 2.82. The highest BCUT2D eigenvalue weighted by Gasteiger charge is 2.23. The van der Waals surface area contributed by atoms with E-state index in [4.69, 9.17) is 4.74 Å². The van der Waals surface area contributed by atoms with Crippen molar-refractivity contribution in [3.63, 3.8) is 0 Å². The van der Waals surface area contributed by atoms with Crippen molar-refractivity contribution in [2.24, 2.45) is 0 Å². The summed E-state index contributed by atoms with van der Waals surface area (Å²) in [6.45, 7) is 3.22. The minimum atomic E-state index is 0.413. The van der Waals surface area contributed by atoms with Gasteiger partial charge < -0.3 is 10.1 Å². The molecule has 0 radical (unpaired) electrons. The van der Waals surface area contributed by atoms with Crippen molar-refractivity contribution in [1.82, 2.24) is 15.5 Å². The zero-order valence-electron chi connectivity index (χ0n) is 11.4. The van der Waals surface area contributed by atoms with Gasteiger partial charge in [0.25, 0.3) is 0 Å². The molecule has 0 bridgehead atoms. The highest BCUT2D eigenvalue weighted by molar-refractivity contribution is 5.70. The molecule has 4 nitrogen and oxygen atoms in total. The van der Waals surface area contributed by atoms with E-state index in [0.29, 0.717) is 6.04 Å². The molecular weight excluding hydrogens is 238 g/mol. The smallest absolute Gasteiger partial charge is 0.128 e. The molecule has 1 aliphatic rings. The normalized spacial score (nSPS) is 18.7. The van der Waals surface area contributed by atoms with Gasteiger partial charge in [-0.25, -0.2) is 0 Å². The van der Waals surface area contributed by atoms with E-state index in [0.717, 1.165) is 23.6 Å². The molecule has 0 aliphatic carbocycles. The lowest BCUT2D eigenvalue weighted by Gasteiger charge is -2.10. The van der Waals surface area contributed by atoms with Crippen LogP contribution < -0.4 is 10.1 Å². The lowest BCUT2D eigenvalue weighted by molar-refractivity contribution is 0.416. The van der Waals surface area contributed by atoms with Gasteiger partial charge in [-0.3, -0.25) is 5.10 Å². The van der Waals surface area contributed by atoms with Crippen LogP contribution in [0.2, 0.25) is 0 Å². The zero-order valence-corrected chi connectivity index (χ0v) is 11.4. The molecule has 2 aromatic rings. The minimum Gasteiger partial charge on any atom is -0.496 e. The second-order valence-corrected chi connectivity index (χ2v) is 4.96. The fraction of sp³-hybridized carbons (Fsp3) is 0.400. The SMILES string of the molecule is COc1ccccc1-c1n[nH]c(C2CCCN2)c1C. The van der Waals surface area contributed by atoms with E-state index in [2.05, 4.69) is 22.4 Å². The van der Waals surface area contributed by atoms with Gasteiger partial charge in [0.1, 0.15) is 5.75 Å². The van der Waals surface area contributed by atoms with Gasteiger partial charge in [-0.15, -0.1) is 0 Å². The van der Waals surface area contributed by atoms with Crippen LogP contribution in [0.3, 0.4) is 0 Å². The number of nitrogens with zero attached hydrogens (tertiary/aromatic N) is 1. The molecule has 0 saturated carbocycles. The summed E-state index contributed by atoms with van der Waals surface area (Å²) in [6, 6.07) is 8.42. The number of benzene rings is 1. The maximum absolute atomic E-state index is 5.42. The standard InChI is InChI=1S/C15H19N3O/c1-10-14(11-6-3-4-8-13(11)19-2)17-18-15(10)12-7-5-9-16-12/h3-4,6,8,12,16H,5,7,9H2,1-2H3,(H,17,18). The van der Waals surface area contributed by atoms with Crippen molar-refractivity contribution in [2.75, 3.05) is 13.7 Å². The van der Waals surface area contributed by atoms with E-state index >= 15 is 0 Å². The number of para-hydroxylation sites is 1. The lowest BCUT2D eigenvalue weighted by Crippen LogP contribution is -2.14. The van der Waals surface area contributed by atoms with Crippen LogP contribution in [0.15, 0.2) is 24.3 Å². The van der Waals surface area contributed by atoms with E-state index in [1.807, 2.05) is 24.3 Å². The minimum absolute atomic E-state index is 0.413. The Bertz CT molecular complexity index is 571. The maximum atomic E-state index is 5.42. The Morgan fingerprint density at radius 3 is 2.89 bits per heavy atom. The first-order valence-electron chi connectivity index (χ1n) is 6.73. The van der Waals surface area contributed by atoms with Crippen LogP contribution in [0.5, 0.6) is 5.75 Å². The summed E-state index contributed by atoms with van der Waals surface area (Å²) in [4.78, 5) is 0. The molecule has 0 amide bonds. The summed E-state index contributed by atoms with van der Waals surface area (Å²) in [7, 11) is 1.69. The zero-order chi connectivity index (χ0) is 13.2. The molecule has 1 saturated heterocycles. The Balaban J connectivity index is 2.01. The van der Waals surface area contributed by atoms with Crippen LogP contribution in [-0.4, -0.2) is 23.9 Å². The number of hydrogen-bond donors (Lipinski definition) is 2. The van der Waals surface area contributed by atoms with Gasteiger partial charge in [0.05, 0.1) is 18.5 Å². The van der Waals surface area contributed by atoms with Gasteiger partial charge in [0.15, 0.2) is 0 Å². The number of hydrogen-bond acceptors (Lipinski definition) is 3. The second-order valence-electron chi connectivity index (χ2n) is 4.96. The maximum Gasteiger partial charge on any atom is 0.128 e. The van der Waals surface area contributed by atoms with E-state index < -0.39 is 0 Å². The number of H-pyrrole nitrogens is 1. The molecule has 0 spiro atoms. The average molecular weight is 257 g/mol. The van der Waals surface area contributed by atoms with Crippen molar-refractivity contribution in [3.05, 3.63) is 35.5 Å². The van der Waals surface area contributed by atoms with Crippen LogP contribution in [-0.2, 0) is 0 Å². The number of rotatable bonds is 3. The van der Waals surface area contributed by atoms with E-state index in [9.17, 15) is 0 Å². The monoisotopic (exact) mass is 257 g/mol. The second kappa shape index (κ2) is 5.05. The molecule has 100 valence electrons. The molecule has 1 fully saturated rings. The van der Waals surface area contributed by atoms with E-state index in [-0.39, 0.29) is 0 Å². The third kappa shape index (κ3) is 2.12. The number of methoxy groups -OCH3 is 1. The Kier molecular flexibility index (Phi) is 3.25. The number of aromatic amines is 1. The summed E-state index contributed by atoms with van der Waals surface area (Å²) in [5.41, 5.74) is 4.45. The van der Waals surface area contributed by atoms with Crippen LogP contribution in [0.4, 0.5) is 0 Å². The van der Waals surface area contributed by atoms with Crippen LogP contribution >= 0.6 is 0 Å². The first-order valence-corrected chi connectivity index (χ1v) is 6.73. The summed E-state index contributed by atoms with van der Waals surface area (Å²) >= 11 is 0. The third-order valence-corrected chi connectivity index (χ3v) is 3.82. The lowest BCUT2D eigenvalue weighted by atomic mass is 10.0. The van der Waals surface area contributed by atoms with Crippen molar-refractivity contribution < 1.29 is 4.74 Å². The van der Waals surface area contributed by atoms with E-state index in [1.165, 1.54) is 24.1 Å². The van der Waals surface area contributed by atoms with Gasteiger partial charge in [0, 0.05) is 11.6 Å². The first kappa shape index (κ1) is 12.2. The van der Waals surface area contributed by atoms with Gasteiger partial charge in [0.2, 0.25) is 0 Å². The van der Waals surface area contributed by atoms with Crippen LogP contribution in [0.25, 0.3) is 11.3 Å². The third-order valence-electron chi connectivity index (χ3n) is 3.82. The molecule has 1 aromatic heterocycles. The fourth-order valence-corrected chi connectivity index (χ4v) is 2.78. The quantitative estimate of drug-likeness (QED) is 0.889. The average Bonchev–Trinajstić information content (AvgIpc) is 3.08. The van der Waals surface area contributed by atoms with Crippen molar-refractivity contribution in [2.45, 2.75) is 25.8 Å². The summed E-state index contributed by atoms with van der Waals surface area (Å²) in [5.74, 6) is 0.864. The van der Waals surface area contributed by atoms with Gasteiger partial charge in [-0.05, 0) is 44.0 Å². The Hall–Kier alpha value is -1.81. The summed E-state index contributed by atoms with van der Waals surface area (Å²) in [6.07, 6.45) is 2.40. The first-order chi connectivity index (χ1) is 9.31. The van der Waals surface area contributed by atoms with Gasteiger partial charge >= 0.3 is 0 Å². The Morgan fingerprint density at radius 1 is 1.32 bits per heavy atom. The molecule has 1 atom stereocenters. The highest BCUT2D eigenvalue weighted by Crippen LogP contribution is 2.34.